The molecule has 0 saturated heterocycles. The van der Waals surface area contributed by atoms with Gasteiger partial charge < -0.3 is 33.6 Å². The molecule has 0 rings (SSSR count). The number of likely N-dealkylation sites (N-methyl/N-ethyl adjacent to an activating group) is 1. The molecule has 0 aromatic carbocycles. The Bertz CT molecular complexity index is 682. The van der Waals surface area contributed by atoms with Crippen molar-refractivity contribution in [1.29, 1.82) is 0 Å². The third-order valence-electron chi connectivity index (χ3n) is 5.57. The first-order chi connectivity index (χ1) is 19.2. The summed E-state index contributed by atoms with van der Waals surface area (Å²) in [6.07, 6.45) is 6.81. The minimum Gasteiger partial charge on any atom is -0.461 e. The van der Waals surface area contributed by atoms with Crippen LogP contribution in [0.25, 0.3) is 0 Å². The van der Waals surface area contributed by atoms with E-state index in [1.807, 2.05) is 16.8 Å². The molecular weight excluding hydrogens is 518 g/mol. The van der Waals surface area contributed by atoms with Gasteiger partial charge in [0.2, 0.25) is 0 Å². The molecule has 0 aliphatic carbocycles. The number of esters is 4. The zero-order chi connectivity index (χ0) is 30.0. The van der Waals surface area contributed by atoms with E-state index >= 15 is 0 Å². The molecule has 0 N–H and O–H groups in total. The molecule has 226 valence electrons. The molecule has 0 bridgehead atoms. The lowest BCUT2D eigenvalue weighted by Crippen LogP contribution is -2.40. The quantitative estimate of drug-likeness (QED) is 0.0871. The van der Waals surface area contributed by atoms with Crippen molar-refractivity contribution in [3.05, 3.63) is 50.6 Å². The zero-order valence-electron chi connectivity index (χ0n) is 24.1. The zero-order valence-corrected chi connectivity index (χ0v) is 24.1. The lowest BCUT2D eigenvalue weighted by atomic mass is 10.3. The number of hydrogen-bond donors (Lipinski definition) is 0. The first kappa shape index (κ1) is 36.7. The van der Waals surface area contributed by atoms with Gasteiger partial charge in [-0.2, -0.15) is 0 Å². The highest BCUT2D eigenvalue weighted by atomic mass is 16.5. The van der Waals surface area contributed by atoms with Gasteiger partial charge >= 0.3 is 23.9 Å². The molecule has 0 spiro atoms. The third kappa shape index (κ3) is 21.6. The summed E-state index contributed by atoms with van der Waals surface area (Å²) in [5.74, 6) is -1.33. The van der Waals surface area contributed by atoms with Crippen molar-refractivity contribution in [2.45, 2.75) is 25.7 Å². The maximum atomic E-state index is 11.9. The molecule has 11 heteroatoms. The molecule has 0 heterocycles. The highest BCUT2D eigenvalue weighted by molar-refractivity contribution is 5.71. The first-order valence-electron chi connectivity index (χ1n) is 13.4. The molecule has 0 radical (unpaired) electrons. The van der Waals surface area contributed by atoms with Gasteiger partial charge in [-0.25, -0.2) is 0 Å². The van der Waals surface area contributed by atoms with Gasteiger partial charge in [0.1, 0.15) is 26.4 Å². The second-order valence-corrected chi connectivity index (χ2v) is 8.87. The Kier molecular flexibility index (Phi) is 22.7. The normalized spacial score (nSPS) is 10.7. The van der Waals surface area contributed by atoms with Crippen LogP contribution in [0.15, 0.2) is 50.6 Å². The molecule has 40 heavy (non-hydrogen) atoms. The molecule has 0 aromatic rings. The van der Waals surface area contributed by atoms with E-state index in [9.17, 15) is 19.2 Å². The summed E-state index contributed by atoms with van der Waals surface area (Å²) in [6, 6.07) is 0. The molecule has 11 nitrogen and oxygen atoms in total. The average Bonchev–Trinajstić information content (AvgIpc) is 2.95. The summed E-state index contributed by atoms with van der Waals surface area (Å²) in [5.41, 5.74) is 0. The van der Waals surface area contributed by atoms with Gasteiger partial charge in [0.05, 0.1) is 25.7 Å². The van der Waals surface area contributed by atoms with Crippen molar-refractivity contribution in [2.24, 2.45) is 0 Å². The fourth-order valence-corrected chi connectivity index (χ4v) is 3.30. The fourth-order valence-electron chi connectivity index (χ4n) is 3.30. The van der Waals surface area contributed by atoms with Gasteiger partial charge in [-0.1, -0.05) is 50.6 Å². The van der Waals surface area contributed by atoms with Crippen LogP contribution in [-0.2, 0) is 38.1 Å². The molecule has 0 aliphatic rings. The molecule has 0 fully saturated rings. The van der Waals surface area contributed by atoms with Gasteiger partial charge in [-0.3, -0.25) is 19.2 Å². The largest absolute Gasteiger partial charge is 0.461 e. The van der Waals surface area contributed by atoms with E-state index in [4.69, 9.17) is 18.9 Å². The number of ether oxygens (including phenoxy) is 4. The van der Waals surface area contributed by atoms with E-state index in [0.717, 1.165) is 0 Å². The summed E-state index contributed by atoms with van der Waals surface area (Å²) in [4.78, 5) is 53.9. The molecule has 0 aliphatic heterocycles. The van der Waals surface area contributed by atoms with Crippen molar-refractivity contribution in [2.75, 3.05) is 85.8 Å². The van der Waals surface area contributed by atoms with Gasteiger partial charge in [-0.05, 0) is 7.05 Å². The van der Waals surface area contributed by atoms with Crippen molar-refractivity contribution in [3.8, 4) is 0 Å². The van der Waals surface area contributed by atoms with E-state index in [1.165, 1.54) is 24.3 Å². The number of hydrogen-bond acceptors (Lipinski definition) is 11. The van der Waals surface area contributed by atoms with E-state index in [1.54, 1.807) is 0 Å². The predicted molar refractivity (Wildman–Crippen MR) is 153 cm³/mol. The van der Waals surface area contributed by atoms with Gasteiger partial charge in [0.25, 0.3) is 0 Å². The van der Waals surface area contributed by atoms with Crippen LogP contribution in [0.4, 0.5) is 0 Å². The Balaban J connectivity index is 4.90. The maximum Gasteiger partial charge on any atom is 0.307 e. The van der Waals surface area contributed by atoms with Crippen LogP contribution in [0.2, 0.25) is 0 Å². The molecular formula is C29H47N3O8. The van der Waals surface area contributed by atoms with Crippen molar-refractivity contribution in [3.63, 3.8) is 0 Å². The van der Waals surface area contributed by atoms with Crippen LogP contribution in [0, 0.1) is 0 Å². The lowest BCUT2D eigenvalue weighted by Gasteiger charge is -2.27. The third-order valence-corrected chi connectivity index (χ3v) is 5.57. The fraction of sp³-hybridized carbons (Fsp3) is 0.586. The topological polar surface area (TPSA) is 115 Å². The summed E-state index contributed by atoms with van der Waals surface area (Å²) in [5, 5.41) is 0. The first-order valence-corrected chi connectivity index (χ1v) is 13.4. The van der Waals surface area contributed by atoms with Crippen LogP contribution >= 0.6 is 0 Å². The summed E-state index contributed by atoms with van der Waals surface area (Å²) in [6.45, 7) is 19.1. The van der Waals surface area contributed by atoms with Crippen molar-refractivity contribution >= 4 is 23.9 Å². The van der Waals surface area contributed by atoms with E-state index in [-0.39, 0.29) is 76.0 Å². The van der Waals surface area contributed by atoms with Crippen LogP contribution in [0.1, 0.15) is 25.7 Å². The monoisotopic (exact) mass is 565 g/mol. The number of carbonyl (C=O) groups excluding carboxylic acids is 4. The summed E-state index contributed by atoms with van der Waals surface area (Å²) < 4.78 is 20.2. The Morgan fingerprint density at radius 2 is 0.725 bits per heavy atom. The van der Waals surface area contributed by atoms with Crippen LogP contribution in [0.5, 0.6) is 0 Å². The van der Waals surface area contributed by atoms with E-state index in [2.05, 4.69) is 31.2 Å². The van der Waals surface area contributed by atoms with Gasteiger partial charge in [-0.15, -0.1) is 0 Å². The Labute approximate surface area is 239 Å². The summed E-state index contributed by atoms with van der Waals surface area (Å²) in [7, 11) is 1.96. The van der Waals surface area contributed by atoms with Crippen molar-refractivity contribution in [1.82, 2.24) is 14.7 Å². The van der Waals surface area contributed by atoms with Crippen LogP contribution < -0.4 is 0 Å². The Morgan fingerprint density at radius 1 is 0.475 bits per heavy atom. The van der Waals surface area contributed by atoms with E-state index in [0.29, 0.717) is 52.4 Å². The number of nitrogens with zero attached hydrogens (tertiary/aromatic N) is 3. The van der Waals surface area contributed by atoms with Gasteiger partial charge in [0.15, 0.2) is 0 Å². The highest BCUT2D eigenvalue weighted by Gasteiger charge is 2.15. The van der Waals surface area contributed by atoms with Crippen LogP contribution in [0.3, 0.4) is 0 Å². The molecule has 0 aromatic heterocycles. The number of carbonyl (C=O) groups is 4. The Hall–Kier alpha value is -3.28. The number of rotatable bonds is 26. The second-order valence-electron chi connectivity index (χ2n) is 8.87. The summed E-state index contributed by atoms with van der Waals surface area (Å²) >= 11 is 0. The molecule has 0 amide bonds. The standard InChI is InChI=1S/C29H47N3O8/c1-6-22-37-26(33)10-14-31(15-11-27(34)38-23-7-2)20-18-30(5)19-21-32(16-12-28(35)39-24-8-3)17-13-29(36)40-25-9-4/h6-9H,1-4,10-25H2,5H3. The van der Waals surface area contributed by atoms with Gasteiger partial charge in [0, 0.05) is 52.4 Å². The molecule has 0 atom stereocenters. The maximum absolute atomic E-state index is 11.9. The highest BCUT2D eigenvalue weighted by Crippen LogP contribution is 2.02. The molecule has 0 saturated carbocycles. The average molecular weight is 566 g/mol. The SMILES string of the molecule is C=CCOC(=O)CCN(CCC(=O)OCC=C)CCN(C)CCN(CCC(=O)OCC=C)CCC(=O)OCC=C. The van der Waals surface area contributed by atoms with Crippen LogP contribution in [-0.4, -0.2) is 124 Å². The Morgan fingerprint density at radius 3 is 0.950 bits per heavy atom. The minimum absolute atomic E-state index is 0.157. The second kappa shape index (κ2) is 24.7. The predicted octanol–water partition coefficient (Wildman–Crippen LogP) is 2.00. The van der Waals surface area contributed by atoms with E-state index < -0.39 is 0 Å². The smallest absolute Gasteiger partial charge is 0.307 e. The lowest BCUT2D eigenvalue weighted by molar-refractivity contribution is -0.144. The molecule has 0 unspecified atom stereocenters. The van der Waals surface area contributed by atoms with Crippen molar-refractivity contribution < 1.29 is 38.1 Å². The minimum atomic E-state index is -0.332.